The van der Waals surface area contributed by atoms with E-state index in [2.05, 4.69) is 18.4 Å². The average Bonchev–Trinajstić information content (AvgIpc) is 2.15. The molecule has 0 radical (unpaired) electrons. The minimum absolute atomic E-state index is 0.351. The maximum Gasteiger partial charge on any atom is 0.0900 e. The number of unbranched alkanes of at least 4 members (excludes halogenated alkanes) is 3. The summed E-state index contributed by atoms with van der Waals surface area (Å²) < 4.78 is 0. The number of β-amino-alcohol motifs (C(OH)–C–C–N with tert-alkyl or cyclic N) is 1. The molecule has 0 atom stereocenters. The van der Waals surface area contributed by atoms with Gasteiger partial charge in [-0.1, -0.05) is 25.8 Å². The molecular weight excluding hydrogens is 186 g/mol. The summed E-state index contributed by atoms with van der Waals surface area (Å²) in [7, 11) is 0. The van der Waals surface area contributed by atoms with Crippen LogP contribution in [0.5, 0.6) is 0 Å². The molecule has 1 aliphatic rings. The SMILES string of the molecule is C=CCCCCCN1CC(O)(CCC)C1. The van der Waals surface area contributed by atoms with Crippen molar-refractivity contribution in [1.29, 1.82) is 0 Å². The summed E-state index contributed by atoms with van der Waals surface area (Å²) in [5.41, 5.74) is -0.351. The Hall–Kier alpha value is -0.340. The van der Waals surface area contributed by atoms with Crippen molar-refractivity contribution in [2.75, 3.05) is 19.6 Å². The summed E-state index contributed by atoms with van der Waals surface area (Å²) in [4.78, 5) is 2.36. The van der Waals surface area contributed by atoms with E-state index in [1.807, 2.05) is 6.08 Å². The van der Waals surface area contributed by atoms with E-state index in [1.165, 1.54) is 19.3 Å². The Bertz CT molecular complexity index is 185. The number of aliphatic hydroxyl groups is 1. The summed E-state index contributed by atoms with van der Waals surface area (Å²) in [6, 6.07) is 0. The van der Waals surface area contributed by atoms with Gasteiger partial charge in [0, 0.05) is 13.1 Å². The van der Waals surface area contributed by atoms with E-state index in [-0.39, 0.29) is 5.60 Å². The molecule has 0 aliphatic carbocycles. The molecule has 15 heavy (non-hydrogen) atoms. The van der Waals surface area contributed by atoms with E-state index in [0.29, 0.717) is 0 Å². The van der Waals surface area contributed by atoms with Crippen LogP contribution in [0, 0.1) is 0 Å². The highest BCUT2D eigenvalue weighted by molar-refractivity contribution is 4.94. The number of allylic oxidation sites excluding steroid dienone is 1. The molecule has 1 heterocycles. The van der Waals surface area contributed by atoms with Crippen molar-refractivity contribution in [2.45, 2.75) is 51.0 Å². The van der Waals surface area contributed by atoms with E-state index >= 15 is 0 Å². The summed E-state index contributed by atoms with van der Waals surface area (Å²) >= 11 is 0. The first-order chi connectivity index (χ1) is 7.20. The number of nitrogens with zero attached hydrogens (tertiary/aromatic N) is 1. The topological polar surface area (TPSA) is 23.5 Å². The van der Waals surface area contributed by atoms with E-state index in [9.17, 15) is 5.11 Å². The van der Waals surface area contributed by atoms with Gasteiger partial charge in [-0.25, -0.2) is 0 Å². The lowest BCUT2D eigenvalue weighted by Crippen LogP contribution is -2.61. The Morgan fingerprint density at radius 3 is 2.67 bits per heavy atom. The van der Waals surface area contributed by atoms with E-state index in [1.54, 1.807) is 0 Å². The highest BCUT2D eigenvalue weighted by Crippen LogP contribution is 2.25. The maximum absolute atomic E-state index is 9.97. The highest BCUT2D eigenvalue weighted by atomic mass is 16.3. The number of rotatable bonds is 8. The molecule has 0 bridgehead atoms. The summed E-state index contributed by atoms with van der Waals surface area (Å²) in [5.74, 6) is 0. The van der Waals surface area contributed by atoms with Crippen LogP contribution < -0.4 is 0 Å². The molecule has 1 saturated heterocycles. The second-order valence-corrected chi connectivity index (χ2v) is 4.82. The Morgan fingerprint density at radius 1 is 1.33 bits per heavy atom. The van der Waals surface area contributed by atoms with Gasteiger partial charge >= 0.3 is 0 Å². The number of hydrogen-bond acceptors (Lipinski definition) is 2. The third-order valence-electron chi connectivity index (χ3n) is 3.13. The van der Waals surface area contributed by atoms with Gasteiger partial charge in [-0.15, -0.1) is 6.58 Å². The van der Waals surface area contributed by atoms with E-state index in [4.69, 9.17) is 0 Å². The first-order valence-electron chi connectivity index (χ1n) is 6.26. The van der Waals surface area contributed by atoms with Gasteiger partial charge in [0.2, 0.25) is 0 Å². The van der Waals surface area contributed by atoms with Gasteiger partial charge in [-0.05, 0) is 32.2 Å². The Labute approximate surface area is 94.0 Å². The summed E-state index contributed by atoms with van der Waals surface area (Å²) in [6.45, 7) is 8.79. The zero-order valence-electron chi connectivity index (χ0n) is 10.0. The standard InChI is InChI=1S/C13H25NO/c1-3-5-6-7-8-10-14-11-13(15,12-14)9-4-2/h3,15H,1,4-12H2,2H3. The first kappa shape index (κ1) is 12.7. The van der Waals surface area contributed by atoms with Gasteiger partial charge in [0.25, 0.3) is 0 Å². The lowest BCUT2D eigenvalue weighted by Gasteiger charge is -2.46. The average molecular weight is 211 g/mol. The molecule has 88 valence electrons. The van der Waals surface area contributed by atoms with Crippen LogP contribution in [-0.2, 0) is 0 Å². The van der Waals surface area contributed by atoms with Gasteiger partial charge < -0.3 is 5.11 Å². The Balaban J connectivity index is 1.95. The fourth-order valence-corrected chi connectivity index (χ4v) is 2.37. The van der Waals surface area contributed by atoms with Gasteiger partial charge in [0.15, 0.2) is 0 Å². The zero-order valence-corrected chi connectivity index (χ0v) is 10.0. The second-order valence-electron chi connectivity index (χ2n) is 4.82. The molecule has 1 aliphatic heterocycles. The molecule has 0 amide bonds. The highest BCUT2D eigenvalue weighted by Gasteiger charge is 2.39. The van der Waals surface area contributed by atoms with Crippen molar-refractivity contribution in [3.8, 4) is 0 Å². The van der Waals surface area contributed by atoms with Crippen molar-refractivity contribution in [3.05, 3.63) is 12.7 Å². The molecule has 1 fully saturated rings. The van der Waals surface area contributed by atoms with Crippen molar-refractivity contribution in [3.63, 3.8) is 0 Å². The molecule has 1 N–H and O–H groups in total. The molecule has 0 aromatic heterocycles. The fourth-order valence-electron chi connectivity index (χ4n) is 2.37. The third kappa shape index (κ3) is 4.35. The van der Waals surface area contributed by atoms with Crippen molar-refractivity contribution < 1.29 is 5.11 Å². The fraction of sp³-hybridized carbons (Fsp3) is 0.846. The zero-order chi connectivity index (χ0) is 11.1. The lowest BCUT2D eigenvalue weighted by molar-refractivity contribution is -0.103. The second kappa shape index (κ2) is 6.29. The van der Waals surface area contributed by atoms with Crippen LogP contribution >= 0.6 is 0 Å². The van der Waals surface area contributed by atoms with Gasteiger partial charge in [0.1, 0.15) is 0 Å². The molecule has 0 spiro atoms. The first-order valence-corrected chi connectivity index (χ1v) is 6.26. The van der Waals surface area contributed by atoms with Gasteiger partial charge in [-0.2, -0.15) is 0 Å². The summed E-state index contributed by atoms with van der Waals surface area (Å²) in [6.07, 6.45) is 8.98. The minimum Gasteiger partial charge on any atom is -0.387 e. The molecule has 0 saturated carbocycles. The van der Waals surface area contributed by atoms with Crippen LogP contribution in [0.2, 0.25) is 0 Å². The van der Waals surface area contributed by atoms with Crippen LogP contribution in [0.3, 0.4) is 0 Å². The van der Waals surface area contributed by atoms with E-state index in [0.717, 1.165) is 38.9 Å². The third-order valence-corrected chi connectivity index (χ3v) is 3.13. The molecule has 0 unspecified atom stereocenters. The largest absolute Gasteiger partial charge is 0.387 e. The van der Waals surface area contributed by atoms with Gasteiger partial charge in [0.05, 0.1) is 5.60 Å². The molecular formula is C13H25NO. The smallest absolute Gasteiger partial charge is 0.0900 e. The molecule has 0 aromatic rings. The molecule has 2 nitrogen and oxygen atoms in total. The molecule has 0 aromatic carbocycles. The van der Waals surface area contributed by atoms with Crippen LogP contribution in [0.1, 0.15) is 45.4 Å². The Kier molecular flexibility index (Phi) is 5.34. The predicted molar refractivity (Wildman–Crippen MR) is 65.0 cm³/mol. The van der Waals surface area contributed by atoms with Gasteiger partial charge in [-0.3, -0.25) is 4.90 Å². The van der Waals surface area contributed by atoms with Crippen molar-refractivity contribution in [1.82, 2.24) is 4.90 Å². The van der Waals surface area contributed by atoms with Crippen molar-refractivity contribution in [2.24, 2.45) is 0 Å². The van der Waals surface area contributed by atoms with Crippen LogP contribution in [0.25, 0.3) is 0 Å². The van der Waals surface area contributed by atoms with Crippen LogP contribution in [-0.4, -0.2) is 35.2 Å². The maximum atomic E-state index is 9.97. The summed E-state index contributed by atoms with van der Waals surface area (Å²) in [5, 5.41) is 9.97. The predicted octanol–water partition coefficient (Wildman–Crippen LogP) is 2.58. The minimum atomic E-state index is -0.351. The molecule has 2 heteroatoms. The van der Waals surface area contributed by atoms with Crippen molar-refractivity contribution >= 4 is 0 Å². The van der Waals surface area contributed by atoms with Crippen LogP contribution in [0.4, 0.5) is 0 Å². The normalized spacial score (nSPS) is 19.9. The molecule has 1 rings (SSSR count). The van der Waals surface area contributed by atoms with E-state index < -0.39 is 0 Å². The monoisotopic (exact) mass is 211 g/mol. The van der Waals surface area contributed by atoms with Crippen LogP contribution in [0.15, 0.2) is 12.7 Å². The number of hydrogen-bond donors (Lipinski definition) is 1. The Morgan fingerprint density at radius 2 is 2.07 bits per heavy atom. The number of likely N-dealkylation sites (tertiary alicyclic amines) is 1. The lowest BCUT2D eigenvalue weighted by atomic mass is 9.89. The quantitative estimate of drug-likeness (QED) is 0.493.